The first-order valence-corrected chi connectivity index (χ1v) is 9.34. The summed E-state index contributed by atoms with van der Waals surface area (Å²) in [7, 11) is 0. The molecule has 1 atom stereocenters. The predicted octanol–water partition coefficient (Wildman–Crippen LogP) is 5.33. The van der Waals surface area contributed by atoms with E-state index in [-0.39, 0.29) is 11.8 Å². The largest absolute Gasteiger partial charge is 0.301 e. The van der Waals surface area contributed by atoms with Gasteiger partial charge in [-0.15, -0.1) is 11.3 Å². The smallest absolute Gasteiger partial charge is 0.233 e. The van der Waals surface area contributed by atoms with Crippen molar-refractivity contribution < 1.29 is 4.79 Å². The Morgan fingerprint density at radius 1 is 1.08 bits per heavy atom. The Balaban J connectivity index is 2.04. The van der Waals surface area contributed by atoms with Crippen molar-refractivity contribution >= 4 is 22.4 Å². The van der Waals surface area contributed by atoms with Gasteiger partial charge in [-0.05, 0) is 24.5 Å². The maximum absolute atomic E-state index is 13.2. The maximum atomic E-state index is 13.2. The van der Waals surface area contributed by atoms with Crippen molar-refractivity contribution in [2.75, 3.05) is 5.32 Å². The number of benzene rings is 2. The molecule has 0 aliphatic carbocycles. The minimum absolute atomic E-state index is 0.00246. The molecule has 4 heteroatoms. The lowest BCUT2D eigenvalue weighted by Crippen LogP contribution is -2.39. The van der Waals surface area contributed by atoms with Crippen molar-refractivity contribution in [3.63, 3.8) is 0 Å². The number of hydrogen-bond donors (Lipinski definition) is 1. The molecule has 25 heavy (non-hydrogen) atoms. The lowest BCUT2D eigenvalue weighted by Gasteiger charge is -2.36. The molecule has 1 aromatic heterocycles. The molecule has 0 fully saturated rings. The summed E-state index contributed by atoms with van der Waals surface area (Å²) in [4.78, 5) is 17.4. The van der Waals surface area contributed by atoms with Gasteiger partial charge in [-0.3, -0.25) is 4.79 Å². The van der Waals surface area contributed by atoms with E-state index in [0.717, 1.165) is 17.5 Å². The van der Waals surface area contributed by atoms with E-state index >= 15 is 0 Å². The highest BCUT2D eigenvalue weighted by molar-refractivity contribution is 7.13. The third kappa shape index (κ3) is 3.64. The Hall–Kier alpha value is -2.46. The maximum Gasteiger partial charge on any atom is 0.233 e. The van der Waals surface area contributed by atoms with Gasteiger partial charge in [-0.25, -0.2) is 4.98 Å². The molecule has 0 spiro atoms. The Morgan fingerprint density at radius 2 is 1.64 bits per heavy atom. The standard InChI is InChI=1S/C21H22N2OS/c1-3-21(2,19(24)23-20-22-14-15-25-20)18(16-10-6-4-7-11-16)17-12-8-5-9-13-17/h4-15,18H,3H2,1-2H3,(H,22,23,24). The number of aromatic nitrogens is 1. The summed E-state index contributed by atoms with van der Waals surface area (Å²) in [5, 5.41) is 5.51. The van der Waals surface area contributed by atoms with Gasteiger partial charge in [-0.2, -0.15) is 0 Å². The number of anilines is 1. The normalized spacial score (nSPS) is 13.4. The fourth-order valence-corrected chi connectivity index (χ4v) is 3.76. The average molecular weight is 350 g/mol. The number of nitrogens with one attached hydrogen (secondary N) is 1. The van der Waals surface area contributed by atoms with Gasteiger partial charge in [0.15, 0.2) is 5.13 Å². The zero-order valence-corrected chi connectivity index (χ0v) is 15.3. The van der Waals surface area contributed by atoms with Crippen molar-refractivity contribution in [3.8, 4) is 0 Å². The quantitative estimate of drug-likeness (QED) is 0.653. The number of carbonyl (C=O) groups is 1. The van der Waals surface area contributed by atoms with Gasteiger partial charge in [0.25, 0.3) is 0 Å². The molecule has 128 valence electrons. The van der Waals surface area contributed by atoms with Crippen LogP contribution in [0.3, 0.4) is 0 Å². The fraction of sp³-hybridized carbons (Fsp3) is 0.238. The van der Waals surface area contributed by atoms with Crippen LogP contribution in [0.4, 0.5) is 5.13 Å². The van der Waals surface area contributed by atoms with Crippen molar-refractivity contribution in [1.82, 2.24) is 4.98 Å². The molecular weight excluding hydrogens is 328 g/mol. The molecule has 1 heterocycles. The highest BCUT2D eigenvalue weighted by atomic mass is 32.1. The molecule has 0 aliphatic rings. The first-order chi connectivity index (χ1) is 12.1. The molecule has 2 aromatic carbocycles. The molecule has 1 amide bonds. The minimum atomic E-state index is -0.589. The molecule has 3 rings (SSSR count). The predicted molar refractivity (Wildman–Crippen MR) is 104 cm³/mol. The van der Waals surface area contributed by atoms with E-state index in [1.807, 2.05) is 48.7 Å². The van der Waals surface area contributed by atoms with Crippen LogP contribution >= 0.6 is 11.3 Å². The summed E-state index contributed by atoms with van der Waals surface area (Å²) < 4.78 is 0. The van der Waals surface area contributed by atoms with Crippen LogP contribution in [0, 0.1) is 5.41 Å². The van der Waals surface area contributed by atoms with Crippen molar-refractivity contribution in [2.45, 2.75) is 26.2 Å². The second kappa shape index (κ2) is 7.62. The van der Waals surface area contributed by atoms with Crippen LogP contribution in [0.15, 0.2) is 72.2 Å². The minimum Gasteiger partial charge on any atom is -0.301 e. The summed E-state index contributed by atoms with van der Waals surface area (Å²) in [5.41, 5.74) is 1.70. The molecule has 0 saturated heterocycles. The van der Waals surface area contributed by atoms with E-state index < -0.39 is 5.41 Å². The summed E-state index contributed by atoms with van der Waals surface area (Å²) in [6.45, 7) is 4.11. The van der Waals surface area contributed by atoms with E-state index in [0.29, 0.717) is 5.13 Å². The van der Waals surface area contributed by atoms with Crippen LogP contribution in [0.2, 0.25) is 0 Å². The summed E-state index contributed by atoms with van der Waals surface area (Å²) in [6, 6.07) is 20.5. The van der Waals surface area contributed by atoms with Gasteiger partial charge in [-0.1, -0.05) is 67.6 Å². The molecular formula is C21H22N2OS. The number of carbonyl (C=O) groups excluding carboxylic acids is 1. The fourth-order valence-electron chi connectivity index (χ4n) is 3.24. The topological polar surface area (TPSA) is 42.0 Å². The summed E-state index contributed by atoms with van der Waals surface area (Å²) in [6.07, 6.45) is 2.42. The van der Waals surface area contributed by atoms with E-state index in [4.69, 9.17) is 0 Å². The number of amides is 1. The summed E-state index contributed by atoms with van der Waals surface area (Å²) in [5.74, 6) is -0.0254. The number of rotatable bonds is 6. The lowest BCUT2D eigenvalue weighted by molar-refractivity contribution is -0.125. The van der Waals surface area contributed by atoms with Crippen molar-refractivity contribution in [2.24, 2.45) is 5.41 Å². The SMILES string of the molecule is CCC(C)(C(=O)Nc1nccs1)C(c1ccccc1)c1ccccc1. The second-order valence-electron chi connectivity index (χ2n) is 6.32. The second-order valence-corrected chi connectivity index (χ2v) is 7.21. The van der Waals surface area contributed by atoms with E-state index in [9.17, 15) is 4.79 Å². The van der Waals surface area contributed by atoms with Crippen LogP contribution < -0.4 is 5.32 Å². The number of nitrogens with zero attached hydrogens (tertiary/aromatic N) is 1. The highest BCUT2D eigenvalue weighted by Crippen LogP contribution is 2.44. The molecule has 3 aromatic rings. The molecule has 0 aliphatic heterocycles. The van der Waals surface area contributed by atoms with Gasteiger partial charge < -0.3 is 5.32 Å². The van der Waals surface area contributed by atoms with Gasteiger partial charge in [0.2, 0.25) is 5.91 Å². The van der Waals surface area contributed by atoms with E-state index in [1.165, 1.54) is 11.3 Å². The number of thiazole rings is 1. The molecule has 1 N–H and O–H groups in total. The van der Waals surface area contributed by atoms with Crippen molar-refractivity contribution in [1.29, 1.82) is 0 Å². The van der Waals surface area contributed by atoms with Gasteiger partial charge in [0.1, 0.15) is 0 Å². The van der Waals surface area contributed by atoms with Crippen molar-refractivity contribution in [3.05, 3.63) is 83.4 Å². The first-order valence-electron chi connectivity index (χ1n) is 8.46. The molecule has 0 bridgehead atoms. The van der Waals surface area contributed by atoms with Crippen LogP contribution in [0.25, 0.3) is 0 Å². The summed E-state index contributed by atoms with van der Waals surface area (Å²) >= 11 is 1.44. The van der Waals surface area contributed by atoms with E-state index in [2.05, 4.69) is 41.5 Å². The van der Waals surface area contributed by atoms with Crippen LogP contribution in [0.1, 0.15) is 37.3 Å². The molecule has 1 unspecified atom stereocenters. The highest BCUT2D eigenvalue weighted by Gasteiger charge is 2.41. The monoisotopic (exact) mass is 350 g/mol. The Morgan fingerprint density at radius 3 is 2.08 bits per heavy atom. The average Bonchev–Trinajstić information content (AvgIpc) is 3.16. The molecule has 0 saturated carbocycles. The third-order valence-electron chi connectivity index (χ3n) is 4.81. The third-order valence-corrected chi connectivity index (χ3v) is 5.50. The zero-order valence-electron chi connectivity index (χ0n) is 14.5. The van der Waals surface area contributed by atoms with Crippen LogP contribution in [-0.2, 0) is 4.79 Å². The van der Waals surface area contributed by atoms with Crippen LogP contribution in [-0.4, -0.2) is 10.9 Å². The number of hydrogen-bond acceptors (Lipinski definition) is 3. The van der Waals surface area contributed by atoms with E-state index in [1.54, 1.807) is 6.20 Å². The first kappa shape index (κ1) is 17.4. The Kier molecular flexibility index (Phi) is 5.29. The zero-order chi connectivity index (χ0) is 17.7. The Bertz CT molecular complexity index is 763. The molecule has 0 radical (unpaired) electrons. The van der Waals surface area contributed by atoms with Gasteiger partial charge in [0, 0.05) is 17.5 Å². The van der Waals surface area contributed by atoms with Gasteiger partial charge in [0.05, 0.1) is 5.41 Å². The van der Waals surface area contributed by atoms with Gasteiger partial charge >= 0.3 is 0 Å². The lowest BCUT2D eigenvalue weighted by atomic mass is 9.68. The molecule has 3 nitrogen and oxygen atoms in total. The van der Waals surface area contributed by atoms with Crippen LogP contribution in [0.5, 0.6) is 0 Å². The Labute approximate surface area is 152 Å².